The van der Waals surface area contributed by atoms with Gasteiger partial charge >= 0.3 is 6.18 Å². The highest BCUT2D eigenvalue weighted by Crippen LogP contribution is 2.33. The number of fused-ring (bicyclic) bond motifs is 1. The smallest absolute Gasteiger partial charge is 0.417 e. The summed E-state index contributed by atoms with van der Waals surface area (Å²) in [6.07, 6.45) is -0.108. The van der Waals surface area contributed by atoms with Gasteiger partial charge in [0.25, 0.3) is 0 Å². The Hall–Kier alpha value is -2.38. The number of alkyl halides is 3. The maximum atomic E-state index is 12.8. The Morgan fingerprint density at radius 1 is 1.23 bits per heavy atom. The van der Waals surface area contributed by atoms with Crippen molar-refractivity contribution in [2.75, 3.05) is 18.6 Å². The third kappa shape index (κ3) is 2.68. The quantitative estimate of drug-likeness (QED) is 0.853. The lowest BCUT2D eigenvalue weighted by atomic mass is 10.1. The van der Waals surface area contributed by atoms with Gasteiger partial charge in [0.2, 0.25) is 5.88 Å². The molecule has 0 saturated carbocycles. The van der Waals surface area contributed by atoms with E-state index < -0.39 is 11.7 Å². The van der Waals surface area contributed by atoms with Crippen molar-refractivity contribution in [1.29, 1.82) is 0 Å². The molecule has 0 bridgehead atoms. The molecule has 0 aromatic carbocycles. The second kappa shape index (κ2) is 5.43. The summed E-state index contributed by atoms with van der Waals surface area (Å²) in [5.41, 5.74) is 1.33. The normalized spacial score (nSPS) is 14.6. The minimum Gasteiger partial charge on any atom is -0.481 e. The molecular weight excluding hydrogens is 297 g/mol. The predicted molar refractivity (Wildman–Crippen MR) is 72.6 cm³/mol. The van der Waals surface area contributed by atoms with E-state index in [1.54, 1.807) is 0 Å². The second-order valence-electron chi connectivity index (χ2n) is 4.91. The summed E-state index contributed by atoms with van der Waals surface area (Å²) in [6.45, 7) is 0.957. The summed E-state index contributed by atoms with van der Waals surface area (Å²) >= 11 is 0. The summed E-state index contributed by atoms with van der Waals surface area (Å²) < 4.78 is 43.6. The molecule has 0 unspecified atom stereocenters. The molecule has 116 valence electrons. The van der Waals surface area contributed by atoms with Crippen LogP contribution >= 0.6 is 0 Å². The van der Waals surface area contributed by atoms with Gasteiger partial charge in [0.1, 0.15) is 6.33 Å². The first-order chi connectivity index (χ1) is 10.5. The Morgan fingerprint density at radius 3 is 2.77 bits per heavy atom. The van der Waals surface area contributed by atoms with Crippen LogP contribution in [-0.4, -0.2) is 28.6 Å². The molecule has 2 aromatic rings. The molecule has 0 aliphatic carbocycles. The minimum atomic E-state index is -4.41. The van der Waals surface area contributed by atoms with Gasteiger partial charge < -0.3 is 9.64 Å². The molecule has 3 rings (SSSR count). The third-order valence-electron chi connectivity index (χ3n) is 3.57. The van der Waals surface area contributed by atoms with Crippen LogP contribution in [0.25, 0.3) is 0 Å². The van der Waals surface area contributed by atoms with Crippen LogP contribution in [0.1, 0.15) is 16.8 Å². The van der Waals surface area contributed by atoms with Crippen LogP contribution in [0.3, 0.4) is 0 Å². The van der Waals surface area contributed by atoms with Crippen molar-refractivity contribution in [2.45, 2.75) is 19.1 Å². The number of nitrogens with zero attached hydrogens (tertiary/aromatic N) is 4. The maximum Gasteiger partial charge on any atom is 0.417 e. The van der Waals surface area contributed by atoms with E-state index in [-0.39, 0.29) is 0 Å². The van der Waals surface area contributed by atoms with Crippen LogP contribution < -0.4 is 9.64 Å². The van der Waals surface area contributed by atoms with E-state index in [1.807, 2.05) is 4.90 Å². The fourth-order valence-electron chi connectivity index (χ4n) is 2.47. The molecule has 0 radical (unpaired) electrons. The van der Waals surface area contributed by atoms with Crippen LogP contribution in [0.15, 0.2) is 24.8 Å². The average molecular weight is 310 g/mol. The maximum absolute atomic E-state index is 12.8. The van der Waals surface area contributed by atoms with E-state index in [0.29, 0.717) is 31.1 Å². The Bertz CT molecular complexity index is 676. The monoisotopic (exact) mass is 310 g/mol. The number of aromatic nitrogens is 3. The van der Waals surface area contributed by atoms with E-state index in [2.05, 4.69) is 15.0 Å². The van der Waals surface area contributed by atoms with Gasteiger partial charge in [0.05, 0.1) is 42.4 Å². The Labute approximate surface area is 124 Å². The van der Waals surface area contributed by atoms with Crippen molar-refractivity contribution in [2.24, 2.45) is 0 Å². The third-order valence-corrected chi connectivity index (χ3v) is 3.57. The van der Waals surface area contributed by atoms with E-state index in [0.717, 1.165) is 23.5 Å². The molecular formula is C14H13F3N4O. The fraction of sp³-hybridized carbons (Fsp3) is 0.357. The Morgan fingerprint density at radius 2 is 2.05 bits per heavy atom. The van der Waals surface area contributed by atoms with Gasteiger partial charge in [-0.2, -0.15) is 13.2 Å². The average Bonchev–Trinajstić information content (AvgIpc) is 2.53. The zero-order valence-electron chi connectivity index (χ0n) is 11.8. The molecule has 2 aromatic heterocycles. The molecule has 0 N–H and O–H groups in total. The number of rotatable bonds is 2. The number of halogens is 3. The predicted octanol–water partition coefficient (Wildman–Crippen LogP) is 2.46. The Kier molecular flexibility index (Phi) is 3.59. The van der Waals surface area contributed by atoms with Crippen LogP contribution in [0, 0.1) is 0 Å². The van der Waals surface area contributed by atoms with Crippen molar-refractivity contribution in [3.63, 3.8) is 0 Å². The summed E-state index contributed by atoms with van der Waals surface area (Å²) in [4.78, 5) is 13.8. The number of hydrogen-bond acceptors (Lipinski definition) is 5. The number of anilines is 1. The lowest BCUT2D eigenvalue weighted by Crippen LogP contribution is -2.31. The lowest BCUT2D eigenvalue weighted by Gasteiger charge is -2.30. The molecule has 5 nitrogen and oxygen atoms in total. The first-order valence-corrected chi connectivity index (χ1v) is 6.63. The largest absolute Gasteiger partial charge is 0.481 e. The SMILES string of the molecule is COc1ncnc2c1CN(c1cncc(C(F)(F)F)c1)CC2. The van der Waals surface area contributed by atoms with Gasteiger partial charge in [-0.05, 0) is 6.07 Å². The zero-order chi connectivity index (χ0) is 15.7. The van der Waals surface area contributed by atoms with Crippen molar-refractivity contribution in [3.8, 4) is 5.88 Å². The first-order valence-electron chi connectivity index (χ1n) is 6.63. The highest BCUT2D eigenvalue weighted by Gasteiger charge is 2.32. The topological polar surface area (TPSA) is 51.1 Å². The standard InChI is InChI=1S/C14H13F3N4O/c1-22-13-11-7-21(3-2-12(11)19-8-20-13)10-4-9(5-18-6-10)14(15,16)17/h4-6,8H,2-3,7H2,1H3. The van der Waals surface area contributed by atoms with Gasteiger partial charge in [-0.15, -0.1) is 0 Å². The molecule has 0 saturated heterocycles. The summed E-state index contributed by atoms with van der Waals surface area (Å²) in [7, 11) is 1.51. The summed E-state index contributed by atoms with van der Waals surface area (Å²) in [6, 6.07) is 1.11. The Balaban J connectivity index is 1.92. The molecule has 0 amide bonds. The van der Waals surface area contributed by atoms with Crippen LogP contribution in [0.2, 0.25) is 0 Å². The number of pyridine rings is 1. The van der Waals surface area contributed by atoms with E-state index >= 15 is 0 Å². The van der Waals surface area contributed by atoms with Gasteiger partial charge in [0.15, 0.2) is 0 Å². The molecule has 1 aliphatic rings. The number of ether oxygens (including phenoxy) is 1. The fourth-order valence-corrected chi connectivity index (χ4v) is 2.47. The van der Waals surface area contributed by atoms with Crippen molar-refractivity contribution < 1.29 is 17.9 Å². The summed E-state index contributed by atoms with van der Waals surface area (Å²) in [5, 5.41) is 0. The second-order valence-corrected chi connectivity index (χ2v) is 4.91. The molecule has 1 aliphatic heterocycles. The molecule has 0 fully saturated rings. The van der Waals surface area contributed by atoms with Crippen molar-refractivity contribution in [3.05, 3.63) is 41.6 Å². The molecule has 0 spiro atoms. The van der Waals surface area contributed by atoms with Gasteiger partial charge in [-0.1, -0.05) is 0 Å². The van der Waals surface area contributed by atoms with Gasteiger partial charge in [-0.25, -0.2) is 9.97 Å². The first kappa shape index (κ1) is 14.6. The zero-order valence-corrected chi connectivity index (χ0v) is 11.8. The van der Waals surface area contributed by atoms with Crippen LogP contribution in [-0.2, 0) is 19.1 Å². The molecule has 8 heteroatoms. The minimum absolute atomic E-state index is 0.391. The van der Waals surface area contributed by atoms with Gasteiger partial charge in [0, 0.05) is 19.2 Å². The number of hydrogen-bond donors (Lipinski definition) is 0. The van der Waals surface area contributed by atoms with Crippen LogP contribution in [0.5, 0.6) is 5.88 Å². The highest BCUT2D eigenvalue weighted by atomic mass is 19.4. The van der Waals surface area contributed by atoms with Crippen molar-refractivity contribution >= 4 is 5.69 Å². The van der Waals surface area contributed by atoms with Crippen molar-refractivity contribution in [1.82, 2.24) is 15.0 Å². The molecule has 0 atom stereocenters. The lowest BCUT2D eigenvalue weighted by molar-refractivity contribution is -0.137. The van der Waals surface area contributed by atoms with Gasteiger partial charge in [-0.3, -0.25) is 4.98 Å². The van der Waals surface area contributed by atoms with E-state index in [1.165, 1.54) is 19.6 Å². The molecule has 3 heterocycles. The highest BCUT2D eigenvalue weighted by molar-refractivity contribution is 5.50. The van der Waals surface area contributed by atoms with Crippen LogP contribution in [0.4, 0.5) is 18.9 Å². The molecule has 22 heavy (non-hydrogen) atoms. The van der Waals surface area contributed by atoms with E-state index in [9.17, 15) is 13.2 Å². The summed E-state index contributed by atoms with van der Waals surface area (Å²) in [5.74, 6) is 0.453. The van der Waals surface area contributed by atoms with E-state index in [4.69, 9.17) is 4.74 Å². The number of methoxy groups -OCH3 is 1.